The number of carbonyl (C=O) groups excluding carboxylic acids is 1. The number of esters is 1. The lowest BCUT2D eigenvalue weighted by Crippen LogP contribution is -2.40. The third-order valence-electron chi connectivity index (χ3n) is 2.48. The van der Waals surface area contributed by atoms with Crippen molar-refractivity contribution in [3.05, 3.63) is 0 Å². The van der Waals surface area contributed by atoms with Gasteiger partial charge in [-0.2, -0.15) is 0 Å². The Morgan fingerprint density at radius 1 is 1.40 bits per heavy atom. The minimum absolute atomic E-state index is 0.134. The Morgan fingerprint density at radius 3 is 2.53 bits per heavy atom. The van der Waals surface area contributed by atoms with Crippen LogP contribution in [0.4, 0.5) is 0 Å². The van der Waals surface area contributed by atoms with Crippen LogP contribution in [0.3, 0.4) is 0 Å². The number of likely N-dealkylation sites (N-methyl/N-ethyl adjacent to an activating group) is 1. The standard InChI is InChI=1S/C11H23NO3/c1-5-6-7-10(11(13)15-4)12(2)8-9-14-3/h10H,5-9H2,1-4H3. The molecule has 0 bridgehead atoms. The maximum Gasteiger partial charge on any atom is 0.323 e. The van der Waals surface area contributed by atoms with Crippen LogP contribution in [0.25, 0.3) is 0 Å². The lowest BCUT2D eigenvalue weighted by molar-refractivity contribution is -0.147. The van der Waals surface area contributed by atoms with Gasteiger partial charge in [0.25, 0.3) is 0 Å². The van der Waals surface area contributed by atoms with Gasteiger partial charge in [-0.05, 0) is 13.5 Å². The van der Waals surface area contributed by atoms with Crippen molar-refractivity contribution >= 4 is 5.97 Å². The summed E-state index contributed by atoms with van der Waals surface area (Å²) in [5, 5.41) is 0. The van der Waals surface area contributed by atoms with Gasteiger partial charge in [-0.3, -0.25) is 9.69 Å². The lowest BCUT2D eigenvalue weighted by Gasteiger charge is -2.25. The van der Waals surface area contributed by atoms with E-state index in [1.54, 1.807) is 7.11 Å². The second-order valence-corrected chi connectivity index (χ2v) is 3.65. The van der Waals surface area contributed by atoms with Crippen LogP contribution >= 0.6 is 0 Å². The van der Waals surface area contributed by atoms with Crippen molar-refractivity contribution in [2.75, 3.05) is 34.4 Å². The molecule has 0 amide bonds. The summed E-state index contributed by atoms with van der Waals surface area (Å²) in [6.45, 7) is 3.50. The van der Waals surface area contributed by atoms with Gasteiger partial charge < -0.3 is 9.47 Å². The molecule has 1 atom stereocenters. The molecule has 0 spiro atoms. The zero-order chi connectivity index (χ0) is 11.7. The molecule has 0 radical (unpaired) electrons. The number of methoxy groups -OCH3 is 2. The first kappa shape index (κ1) is 14.4. The highest BCUT2D eigenvalue weighted by Gasteiger charge is 2.22. The second-order valence-electron chi connectivity index (χ2n) is 3.65. The SMILES string of the molecule is CCCCC(C(=O)OC)N(C)CCOC. The maximum absolute atomic E-state index is 11.5. The van der Waals surface area contributed by atoms with Gasteiger partial charge in [-0.25, -0.2) is 0 Å². The summed E-state index contributed by atoms with van der Waals surface area (Å²) in [7, 11) is 5.02. The van der Waals surface area contributed by atoms with E-state index in [0.717, 1.165) is 25.8 Å². The molecule has 0 heterocycles. The van der Waals surface area contributed by atoms with Gasteiger partial charge in [-0.1, -0.05) is 19.8 Å². The predicted molar refractivity (Wildman–Crippen MR) is 59.8 cm³/mol. The number of ether oxygens (including phenoxy) is 2. The Hall–Kier alpha value is -0.610. The summed E-state index contributed by atoms with van der Waals surface area (Å²) in [6, 6.07) is -0.134. The van der Waals surface area contributed by atoms with Gasteiger partial charge in [0.05, 0.1) is 13.7 Å². The molecule has 0 saturated carbocycles. The van der Waals surface area contributed by atoms with Gasteiger partial charge >= 0.3 is 5.97 Å². The molecule has 0 aliphatic rings. The number of unbranched alkanes of at least 4 members (excludes halogenated alkanes) is 1. The highest BCUT2D eigenvalue weighted by molar-refractivity contribution is 5.75. The van der Waals surface area contributed by atoms with Gasteiger partial charge in [0.15, 0.2) is 0 Å². The van der Waals surface area contributed by atoms with E-state index in [9.17, 15) is 4.79 Å². The topological polar surface area (TPSA) is 38.8 Å². The Balaban J connectivity index is 4.13. The molecule has 15 heavy (non-hydrogen) atoms. The molecule has 4 heteroatoms. The van der Waals surface area contributed by atoms with Gasteiger partial charge in [0.2, 0.25) is 0 Å². The van der Waals surface area contributed by atoms with Crippen LogP contribution in [0.5, 0.6) is 0 Å². The molecule has 0 aliphatic carbocycles. The van der Waals surface area contributed by atoms with Crippen LogP contribution in [-0.4, -0.2) is 51.3 Å². The van der Waals surface area contributed by atoms with Crippen molar-refractivity contribution in [3.63, 3.8) is 0 Å². The second kappa shape index (κ2) is 8.68. The molecule has 0 saturated heterocycles. The molecule has 4 nitrogen and oxygen atoms in total. The van der Waals surface area contributed by atoms with Crippen molar-refractivity contribution in [2.24, 2.45) is 0 Å². The fourth-order valence-electron chi connectivity index (χ4n) is 1.44. The molecule has 0 aromatic carbocycles. The Morgan fingerprint density at radius 2 is 2.07 bits per heavy atom. The number of nitrogens with zero attached hydrogens (tertiary/aromatic N) is 1. The zero-order valence-electron chi connectivity index (χ0n) is 10.3. The molecule has 0 fully saturated rings. The van der Waals surface area contributed by atoms with E-state index < -0.39 is 0 Å². The fourth-order valence-corrected chi connectivity index (χ4v) is 1.44. The van der Waals surface area contributed by atoms with Crippen LogP contribution in [0.1, 0.15) is 26.2 Å². The smallest absolute Gasteiger partial charge is 0.323 e. The van der Waals surface area contributed by atoms with Crippen molar-refractivity contribution in [1.82, 2.24) is 4.90 Å². The van der Waals surface area contributed by atoms with E-state index >= 15 is 0 Å². The van der Waals surface area contributed by atoms with Gasteiger partial charge in [0.1, 0.15) is 6.04 Å². The average Bonchev–Trinajstić information content (AvgIpc) is 2.26. The third-order valence-corrected chi connectivity index (χ3v) is 2.48. The van der Waals surface area contributed by atoms with E-state index in [1.165, 1.54) is 7.11 Å². The van der Waals surface area contributed by atoms with Gasteiger partial charge in [-0.15, -0.1) is 0 Å². The molecule has 1 unspecified atom stereocenters. The van der Waals surface area contributed by atoms with Crippen LogP contribution in [0.2, 0.25) is 0 Å². The number of rotatable bonds is 8. The lowest BCUT2D eigenvalue weighted by atomic mass is 10.1. The Kier molecular flexibility index (Phi) is 8.33. The molecule has 0 aromatic heterocycles. The maximum atomic E-state index is 11.5. The molecular formula is C11H23NO3. The van der Waals surface area contributed by atoms with Crippen LogP contribution < -0.4 is 0 Å². The summed E-state index contributed by atoms with van der Waals surface area (Å²) in [6.07, 6.45) is 2.98. The summed E-state index contributed by atoms with van der Waals surface area (Å²) in [5.74, 6) is -0.151. The summed E-state index contributed by atoms with van der Waals surface area (Å²) in [4.78, 5) is 13.5. The first-order valence-electron chi connectivity index (χ1n) is 5.44. The summed E-state index contributed by atoms with van der Waals surface area (Å²) in [5.41, 5.74) is 0. The molecule has 0 N–H and O–H groups in total. The van der Waals surface area contributed by atoms with E-state index in [2.05, 4.69) is 6.92 Å². The quantitative estimate of drug-likeness (QED) is 0.574. The van der Waals surface area contributed by atoms with Crippen molar-refractivity contribution in [2.45, 2.75) is 32.2 Å². The van der Waals surface area contributed by atoms with Crippen molar-refractivity contribution in [3.8, 4) is 0 Å². The van der Waals surface area contributed by atoms with Crippen molar-refractivity contribution in [1.29, 1.82) is 0 Å². The molecule has 90 valence electrons. The third kappa shape index (κ3) is 5.74. The summed E-state index contributed by atoms with van der Waals surface area (Å²) < 4.78 is 9.78. The number of carbonyl (C=O) groups is 1. The van der Waals surface area contributed by atoms with E-state index in [4.69, 9.17) is 9.47 Å². The molecule has 0 aromatic rings. The minimum Gasteiger partial charge on any atom is -0.468 e. The summed E-state index contributed by atoms with van der Waals surface area (Å²) >= 11 is 0. The van der Waals surface area contributed by atoms with Crippen LogP contribution in [0, 0.1) is 0 Å². The first-order chi connectivity index (χ1) is 7.17. The Labute approximate surface area is 92.5 Å². The van der Waals surface area contributed by atoms with E-state index in [1.807, 2.05) is 11.9 Å². The monoisotopic (exact) mass is 217 g/mol. The zero-order valence-corrected chi connectivity index (χ0v) is 10.3. The predicted octanol–water partition coefficient (Wildman–Crippen LogP) is 1.30. The number of hydrogen-bond donors (Lipinski definition) is 0. The first-order valence-corrected chi connectivity index (χ1v) is 5.44. The molecule has 0 aliphatic heterocycles. The van der Waals surface area contributed by atoms with Crippen LogP contribution in [0.15, 0.2) is 0 Å². The molecular weight excluding hydrogens is 194 g/mol. The van der Waals surface area contributed by atoms with Crippen LogP contribution in [-0.2, 0) is 14.3 Å². The van der Waals surface area contributed by atoms with Gasteiger partial charge in [0, 0.05) is 13.7 Å². The highest BCUT2D eigenvalue weighted by Crippen LogP contribution is 2.08. The largest absolute Gasteiger partial charge is 0.468 e. The fraction of sp³-hybridized carbons (Fsp3) is 0.909. The average molecular weight is 217 g/mol. The van der Waals surface area contributed by atoms with Crippen molar-refractivity contribution < 1.29 is 14.3 Å². The number of hydrogen-bond acceptors (Lipinski definition) is 4. The minimum atomic E-state index is -0.151. The van der Waals surface area contributed by atoms with E-state index in [0.29, 0.717) is 6.61 Å². The Bertz CT molecular complexity index is 173. The van der Waals surface area contributed by atoms with E-state index in [-0.39, 0.29) is 12.0 Å². The highest BCUT2D eigenvalue weighted by atomic mass is 16.5. The normalized spacial score (nSPS) is 12.9. The molecule has 0 rings (SSSR count).